The van der Waals surface area contributed by atoms with E-state index in [1.54, 1.807) is 6.20 Å². The molecular formula is C24H22N2O. The van der Waals surface area contributed by atoms with Crippen molar-refractivity contribution in [2.75, 3.05) is 0 Å². The zero-order valence-corrected chi connectivity index (χ0v) is 15.2. The Morgan fingerprint density at radius 1 is 0.815 bits per heavy atom. The van der Waals surface area contributed by atoms with Gasteiger partial charge in [0.05, 0.1) is 17.2 Å². The lowest BCUT2D eigenvalue weighted by atomic mass is 9.65. The SMILES string of the molecule is N#C[C@]1(c2ccccc2)CC[C@@](O)(c2cc(-c3ccccc3)ccn2)CC1. The second-order valence-corrected chi connectivity index (χ2v) is 7.39. The van der Waals surface area contributed by atoms with Crippen LogP contribution in [0.1, 0.15) is 36.9 Å². The highest BCUT2D eigenvalue weighted by atomic mass is 16.3. The molecule has 3 heteroatoms. The predicted octanol–water partition coefficient (Wildman–Crippen LogP) is 4.97. The molecule has 2 aromatic carbocycles. The summed E-state index contributed by atoms with van der Waals surface area (Å²) in [5.74, 6) is 0. The Hall–Kier alpha value is -2.96. The fourth-order valence-electron chi connectivity index (χ4n) is 4.06. The molecule has 0 bridgehead atoms. The molecule has 0 radical (unpaired) electrons. The second-order valence-electron chi connectivity index (χ2n) is 7.39. The molecule has 0 aliphatic heterocycles. The number of aromatic nitrogens is 1. The number of nitrogens with zero attached hydrogens (tertiary/aromatic N) is 2. The average molecular weight is 354 g/mol. The third kappa shape index (κ3) is 3.25. The van der Waals surface area contributed by atoms with Gasteiger partial charge < -0.3 is 5.11 Å². The zero-order valence-electron chi connectivity index (χ0n) is 15.2. The Balaban J connectivity index is 1.61. The van der Waals surface area contributed by atoms with E-state index >= 15 is 0 Å². The quantitative estimate of drug-likeness (QED) is 0.722. The number of hydrogen-bond donors (Lipinski definition) is 1. The molecule has 1 aromatic heterocycles. The van der Waals surface area contributed by atoms with Gasteiger partial charge in [0, 0.05) is 6.20 Å². The summed E-state index contributed by atoms with van der Waals surface area (Å²) in [6.07, 6.45) is 4.07. The number of nitriles is 1. The summed E-state index contributed by atoms with van der Waals surface area (Å²) in [6.45, 7) is 0. The van der Waals surface area contributed by atoms with Crippen LogP contribution in [0, 0.1) is 11.3 Å². The number of pyridine rings is 1. The predicted molar refractivity (Wildman–Crippen MR) is 106 cm³/mol. The van der Waals surface area contributed by atoms with Crippen molar-refractivity contribution < 1.29 is 5.11 Å². The summed E-state index contributed by atoms with van der Waals surface area (Å²) in [6, 6.07) is 26.5. The fraction of sp³-hybridized carbons (Fsp3) is 0.250. The molecule has 0 amide bonds. The lowest BCUT2D eigenvalue weighted by Crippen LogP contribution is -2.39. The molecule has 1 N–H and O–H groups in total. The molecule has 134 valence electrons. The van der Waals surface area contributed by atoms with E-state index < -0.39 is 11.0 Å². The first-order chi connectivity index (χ1) is 13.2. The van der Waals surface area contributed by atoms with Gasteiger partial charge in [0.1, 0.15) is 5.60 Å². The maximum atomic E-state index is 11.3. The Morgan fingerprint density at radius 3 is 2.07 bits per heavy atom. The van der Waals surface area contributed by atoms with E-state index in [4.69, 9.17) is 0 Å². The fourth-order valence-corrected chi connectivity index (χ4v) is 4.06. The summed E-state index contributed by atoms with van der Waals surface area (Å²) in [5.41, 5.74) is 2.39. The van der Waals surface area contributed by atoms with E-state index in [0.717, 1.165) is 16.7 Å². The van der Waals surface area contributed by atoms with Gasteiger partial charge in [-0.2, -0.15) is 5.26 Å². The summed E-state index contributed by atoms with van der Waals surface area (Å²) in [4.78, 5) is 4.47. The minimum absolute atomic E-state index is 0.523. The normalized spacial score (nSPS) is 24.9. The summed E-state index contributed by atoms with van der Waals surface area (Å²) in [7, 11) is 0. The van der Waals surface area contributed by atoms with Crippen molar-refractivity contribution in [3.63, 3.8) is 0 Å². The van der Waals surface area contributed by atoms with Crippen molar-refractivity contribution in [1.82, 2.24) is 4.98 Å². The van der Waals surface area contributed by atoms with Crippen LogP contribution in [-0.4, -0.2) is 10.1 Å². The van der Waals surface area contributed by atoms with Crippen molar-refractivity contribution in [3.8, 4) is 17.2 Å². The van der Waals surface area contributed by atoms with Crippen molar-refractivity contribution in [2.45, 2.75) is 36.7 Å². The third-order valence-electron chi connectivity index (χ3n) is 5.81. The molecule has 0 unspecified atom stereocenters. The number of hydrogen-bond acceptors (Lipinski definition) is 3. The molecule has 3 nitrogen and oxygen atoms in total. The molecular weight excluding hydrogens is 332 g/mol. The van der Waals surface area contributed by atoms with Gasteiger partial charge in [-0.25, -0.2) is 0 Å². The monoisotopic (exact) mass is 354 g/mol. The Bertz CT molecular complexity index is 952. The maximum absolute atomic E-state index is 11.3. The van der Waals surface area contributed by atoms with E-state index in [9.17, 15) is 10.4 Å². The van der Waals surface area contributed by atoms with Crippen LogP contribution in [0.2, 0.25) is 0 Å². The van der Waals surface area contributed by atoms with E-state index in [1.165, 1.54) is 0 Å². The first-order valence-corrected chi connectivity index (χ1v) is 9.36. The topological polar surface area (TPSA) is 56.9 Å². The number of aliphatic hydroxyl groups is 1. The summed E-state index contributed by atoms with van der Waals surface area (Å²) in [5, 5.41) is 21.2. The molecule has 1 fully saturated rings. The highest BCUT2D eigenvalue weighted by Gasteiger charge is 2.44. The third-order valence-corrected chi connectivity index (χ3v) is 5.81. The van der Waals surface area contributed by atoms with Crippen LogP contribution in [0.3, 0.4) is 0 Å². The van der Waals surface area contributed by atoms with Crippen molar-refractivity contribution in [3.05, 3.63) is 90.3 Å². The van der Waals surface area contributed by atoms with Gasteiger partial charge in [-0.05, 0) is 54.5 Å². The van der Waals surface area contributed by atoms with Crippen LogP contribution < -0.4 is 0 Å². The lowest BCUT2D eigenvalue weighted by molar-refractivity contribution is -0.0174. The second kappa shape index (κ2) is 6.98. The van der Waals surface area contributed by atoms with Crippen LogP contribution >= 0.6 is 0 Å². The summed E-state index contributed by atoms with van der Waals surface area (Å²) < 4.78 is 0. The van der Waals surface area contributed by atoms with E-state index in [0.29, 0.717) is 31.4 Å². The zero-order chi connectivity index (χ0) is 18.7. The first kappa shape index (κ1) is 17.5. The van der Waals surface area contributed by atoms with E-state index in [-0.39, 0.29) is 0 Å². The van der Waals surface area contributed by atoms with Gasteiger partial charge in [-0.3, -0.25) is 4.98 Å². The highest BCUT2D eigenvalue weighted by molar-refractivity contribution is 5.63. The van der Waals surface area contributed by atoms with Crippen molar-refractivity contribution in [2.24, 2.45) is 0 Å². The molecule has 1 heterocycles. The Kier molecular flexibility index (Phi) is 4.51. The van der Waals surface area contributed by atoms with Gasteiger partial charge in [0.25, 0.3) is 0 Å². The largest absolute Gasteiger partial charge is 0.384 e. The molecule has 0 saturated heterocycles. The molecule has 0 spiro atoms. The van der Waals surface area contributed by atoms with Crippen LogP contribution in [0.15, 0.2) is 79.0 Å². The number of rotatable bonds is 3. The standard InChI is InChI=1S/C24H22N2O/c25-18-23(21-9-5-2-6-10-21)12-14-24(27,15-13-23)22-17-20(11-16-26-22)19-7-3-1-4-8-19/h1-11,16-17,27H,12-15H2/t23-,24-. The highest BCUT2D eigenvalue weighted by Crippen LogP contribution is 2.46. The molecule has 1 aliphatic rings. The van der Waals surface area contributed by atoms with Crippen molar-refractivity contribution in [1.29, 1.82) is 5.26 Å². The van der Waals surface area contributed by atoms with Gasteiger partial charge in [0.15, 0.2) is 0 Å². The number of benzene rings is 2. The average Bonchev–Trinajstić information content (AvgIpc) is 2.76. The van der Waals surface area contributed by atoms with Gasteiger partial charge >= 0.3 is 0 Å². The van der Waals surface area contributed by atoms with Crippen molar-refractivity contribution >= 4 is 0 Å². The van der Waals surface area contributed by atoms with Gasteiger partial charge in [-0.15, -0.1) is 0 Å². The van der Waals surface area contributed by atoms with Gasteiger partial charge in [-0.1, -0.05) is 60.7 Å². The minimum atomic E-state index is -0.986. The van der Waals surface area contributed by atoms with Crippen LogP contribution in [-0.2, 0) is 11.0 Å². The Labute approximate surface area is 160 Å². The first-order valence-electron chi connectivity index (χ1n) is 9.36. The molecule has 1 aliphatic carbocycles. The molecule has 27 heavy (non-hydrogen) atoms. The van der Waals surface area contributed by atoms with Crippen LogP contribution in [0.4, 0.5) is 0 Å². The van der Waals surface area contributed by atoms with Gasteiger partial charge in [0.2, 0.25) is 0 Å². The van der Waals surface area contributed by atoms with E-state index in [2.05, 4.69) is 23.2 Å². The minimum Gasteiger partial charge on any atom is -0.384 e. The van der Waals surface area contributed by atoms with Crippen LogP contribution in [0.5, 0.6) is 0 Å². The smallest absolute Gasteiger partial charge is 0.107 e. The van der Waals surface area contributed by atoms with E-state index in [1.807, 2.05) is 60.7 Å². The molecule has 0 atom stereocenters. The maximum Gasteiger partial charge on any atom is 0.107 e. The molecule has 1 saturated carbocycles. The Morgan fingerprint density at radius 2 is 1.44 bits per heavy atom. The van der Waals surface area contributed by atoms with Crippen LogP contribution in [0.25, 0.3) is 11.1 Å². The molecule has 4 rings (SSSR count). The lowest BCUT2D eigenvalue weighted by Gasteiger charge is -2.40. The summed E-state index contributed by atoms with van der Waals surface area (Å²) >= 11 is 0. The molecule has 3 aromatic rings.